The Morgan fingerprint density at radius 1 is 1.20 bits per heavy atom. The Bertz CT molecular complexity index is 172. The van der Waals surface area contributed by atoms with E-state index in [1.54, 1.807) is 0 Å². The summed E-state index contributed by atoms with van der Waals surface area (Å²) in [4.78, 5) is 13.4. The minimum atomic E-state index is 0.428. The number of likely N-dealkylation sites (tertiary alicyclic amines) is 1. The number of hydrogen-bond donors (Lipinski definition) is 0. The molecule has 1 heterocycles. The zero-order valence-corrected chi connectivity index (χ0v) is 9.83. The van der Waals surface area contributed by atoms with Gasteiger partial charge in [0.15, 0.2) is 0 Å². The second-order valence-corrected chi connectivity index (χ2v) is 4.20. The van der Waals surface area contributed by atoms with Crippen LogP contribution in [0.15, 0.2) is 0 Å². The van der Waals surface area contributed by atoms with Crippen molar-refractivity contribution >= 4 is 5.78 Å². The van der Waals surface area contributed by atoms with Gasteiger partial charge in [-0.05, 0) is 25.8 Å². The predicted molar refractivity (Wildman–Crippen MR) is 61.0 cm³/mol. The number of nitrogens with zero attached hydrogens (tertiary/aromatic N) is 1. The smallest absolute Gasteiger partial charge is 0.135 e. The Labute approximate surface area is 92.8 Å². The van der Waals surface area contributed by atoms with Crippen LogP contribution in [0.5, 0.6) is 0 Å². The fourth-order valence-corrected chi connectivity index (χ4v) is 1.81. The van der Waals surface area contributed by atoms with E-state index in [-0.39, 0.29) is 0 Å². The van der Waals surface area contributed by atoms with Crippen molar-refractivity contribution in [2.24, 2.45) is 0 Å². The average molecular weight is 213 g/mol. The highest BCUT2D eigenvalue weighted by Crippen LogP contribution is 2.06. The Hall–Kier alpha value is -0.410. The number of ether oxygens (including phenoxy) is 1. The molecule has 0 unspecified atom stereocenters. The van der Waals surface area contributed by atoms with Crippen LogP contribution in [0.4, 0.5) is 0 Å². The van der Waals surface area contributed by atoms with Gasteiger partial charge in [0.2, 0.25) is 0 Å². The van der Waals surface area contributed by atoms with Crippen molar-refractivity contribution in [3.05, 3.63) is 0 Å². The maximum Gasteiger partial charge on any atom is 0.135 e. The molecule has 88 valence electrons. The van der Waals surface area contributed by atoms with Crippen molar-refractivity contribution in [1.82, 2.24) is 4.90 Å². The molecule has 0 aliphatic carbocycles. The summed E-state index contributed by atoms with van der Waals surface area (Å²) in [5.41, 5.74) is 0. The molecule has 0 radical (unpaired) electrons. The third kappa shape index (κ3) is 5.90. The van der Waals surface area contributed by atoms with Crippen LogP contribution in [0.3, 0.4) is 0 Å². The number of carbonyl (C=O) groups is 1. The molecule has 3 nitrogen and oxygen atoms in total. The molecule has 0 atom stereocenters. The lowest BCUT2D eigenvalue weighted by atomic mass is 10.1. The van der Waals surface area contributed by atoms with Crippen LogP contribution in [0, 0.1) is 0 Å². The number of ketones is 1. The first-order chi connectivity index (χ1) is 7.33. The minimum absolute atomic E-state index is 0.428. The van der Waals surface area contributed by atoms with Crippen molar-refractivity contribution in [1.29, 1.82) is 0 Å². The molecule has 0 amide bonds. The van der Waals surface area contributed by atoms with E-state index >= 15 is 0 Å². The average Bonchev–Trinajstić information content (AvgIpc) is 2.26. The largest absolute Gasteiger partial charge is 0.381 e. The fourth-order valence-electron chi connectivity index (χ4n) is 1.81. The highest BCUT2D eigenvalue weighted by atomic mass is 16.5. The molecule has 0 spiro atoms. The summed E-state index contributed by atoms with van der Waals surface area (Å²) in [6.07, 6.45) is 4.95. The molecule has 1 aliphatic heterocycles. The van der Waals surface area contributed by atoms with Crippen LogP contribution in [0.25, 0.3) is 0 Å². The molecule has 15 heavy (non-hydrogen) atoms. The van der Waals surface area contributed by atoms with Gasteiger partial charge in [-0.1, -0.05) is 6.92 Å². The van der Waals surface area contributed by atoms with Gasteiger partial charge in [-0.3, -0.25) is 4.79 Å². The zero-order valence-electron chi connectivity index (χ0n) is 9.83. The number of piperidine rings is 1. The second kappa shape index (κ2) is 7.83. The van der Waals surface area contributed by atoms with Gasteiger partial charge in [0.05, 0.1) is 0 Å². The predicted octanol–water partition coefficient (Wildman–Crippen LogP) is 1.86. The van der Waals surface area contributed by atoms with Crippen molar-refractivity contribution in [2.45, 2.75) is 39.0 Å². The van der Waals surface area contributed by atoms with E-state index in [2.05, 4.69) is 11.8 Å². The topological polar surface area (TPSA) is 29.5 Å². The van der Waals surface area contributed by atoms with Gasteiger partial charge in [0.1, 0.15) is 5.78 Å². The first-order valence-electron chi connectivity index (χ1n) is 6.14. The normalized spacial score (nSPS) is 18.3. The summed E-state index contributed by atoms with van der Waals surface area (Å²) in [6, 6.07) is 0. The summed E-state index contributed by atoms with van der Waals surface area (Å²) in [5, 5.41) is 0. The number of unbranched alkanes of at least 4 members (excludes halogenated alkanes) is 1. The molecule has 1 rings (SSSR count). The Morgan fingerprint density at radius 2 is 1.93 bits per heavy atom. The first kappa shape index (κ1) is 12.7. The molecule has 1 fully saturated rings. The van der Waals surface area contributed by atoms with Crippen LogP contribution >= 0.6 is 0 Å². The third-order valence-electron chi connectivity index (χ3n) is 2.78. The van der Waals surface area contributed by atoms with Gasteiger partial charge in [0.25, 0.3) is 0 Å². The van der Waals surface area contributed by atoms with E-state index in [4.69, 9.17) is 4.74 Å². The summed E-state index contributed by atoms with van der Waals surface area (Å²) in [6.45, 7) is 6.97. The van der Waals surface area contributed by atoms with E-state index in [0.29, 0.717) is 5.78 Å². The molecule has 3 heteroatoms. The van der Waals surface area contributed by atoms with Gasteiger partial charge in [0, 0.05) is 39.1 Å². The number of carbonyl (C=O) groups excluding carboxylic acids is 1. The lowest BCUT2D eigenvalue weighted by molar-refractivity contribution is -0.121. The molecule has 0 aromatic carbocycles. The number of rotatable bonds is 7. The fraction of sp³-hybridized carbons (Fsp3) is 0.917. The van der Waals surface area contributed by atoms with E-state index in [1.165, 1.54) is 6.42 Å². The van der Waals surface area contributed by atoms with Crippen molar-refractivity contribution in [3.8, 4) is 0 Å². The monoisotopic (exact) mass is 213 g/mol. The van der Waals surface area contributed by atoms with Gasteiger partial charge >= 0.3 is 0 Å². The van der Waals surface area contributed by atoms with Gasteiger partial charge in [-0.2, -0.15) is 0 Å². The Kier molecular flexibility index (Phi) is 6.60. The van der Waals surface area contributed by atoms with Crippen molar-refractivity contribution < 1.29 is 9.53 Å². The van der Waals surface area contributed by atoms with E-state index < -0.39 is 0 Å². The van der Waals surface area contributed by atoms with E-state index in [1.807, 2.05) is 0 Å². The van der Waals surface area contributed by atoms with Crippen LogP contribution in [0.1, 0.15) is 39.0 Å². The van der Waals surface area contributed by atoms with Crippen molar-refractivity contribution in [3.63, 3.8) is 0 Å². The standard InChI is InChI=1S/C12H23NO2/c1-2-10-15-11-4-3-7-13-8-5-12(14)6-9-13/h2-11H2,1H3. The summed E-state index contributed by atoms with van der Waals surface area (Å²) >= 11 is 0. The maximum atomic E-state index is 11.0. The molecule has 0 saturated carbocycles. The SMILES string of the molecule is CCCOCCCCN1CCC(=O)CC1. The highest BCUT2D eigenvalue weighted by Gasteiger charge is 2.14. The van der Waals surface area contributed by atoms with Crippen LogP contribution in [-0.2, 0) is 9.53 Å². The van der Waals surface area contributed by atoms with Crippen LogP contribution < -0.4 is 0 Å². The molecule has 0 N–H and O–H groups in total. The highest BCUT2D eigenvalue weighted by molar-refractivity contribution is 5.79. The second-order valence-electron chi connectivity index (χ2n) is 4.20. The molecule has 1 saturated heterocycles. The molecule has 1 aliphatic rings. The third-order valence-corrected chi connectivity index (χ3v) is 2.78. The number of hydrogen-bond acceptors (Lipinski definition) is 3. The molecule has 0 bridgehead atoms. The molecule has 0 aromatic rings. The maximum absolute atomic E-state index is 11.0. The summed E-state index contributed by atoms with van der Waals surface area (Å²) in [7, 11) is 0. The molecular weight excluding hydrogens is 190 g/mol. The molecular formula is C12H23NO2. The Balaban J connectivity index is 1.89. The summed E-state index contributed by atoms with van der Waals surface area (Å²) < 4.78 is 5.42. The van der Waals surface area contributed by atoms with Crippen molar-refractivity contribution in [2.75, 3.05) is 32.8 Å². The van der Waals surface area contributed by atoms with Gasteiger partial charge < -0.3 is 9.64 Å². The van der Waals surface area contributed by atoms with Gasteiger partial charge in [-0.15, -0.1) is 0 Å². The zero-order chi connectivity index (χ0) is 10.9. The van der Waals surface area contributed by atoms with E-state index in [9.17, 15) is 4.79 Å². The quantitative estimate of drug-likeness (QED) is 0.605. The lowest BCUT2D eigenvalue weighted by Gasteiger charge is -2.25. The summed E-state index contributed by atoms with van der Waals surface area (Å²) in [5.74, 6) is 0.428. The lowest BCUT2D eigenvalue weighted by Crippen LogP contribution is -2.34. The van der Waals surface area contributed by atoms with Crippen LogP contribution in [-0.4, -0.2) is 43.5 Å². The minimum Gasteiger partial charge on any atom is -0.381 e. The van der Waals surface area contributed by atoms with Crippen LogP contribution in [0.2, 0.25) is 0 Å². The van der Waals surface area contributed by atoms with E-state index in [0.717, 1.165) is 58.5 Å². The molecule has 0 aromatic heterocycles. The van der Waals surface area contributed by atoms with Gasteiger partial charge in [-0.25, -0.2) is 0 Å². The Morgan fingerprint density at radius 3 is 2.60 bits per heavy atom. The number of Topliss-reactive ketones (excluding diaryl/α,β-unsaturated/α-hetero) is 1. The first-order valence-corrected chi connectivity index (χ1v) is 6.14.